The molecule has 0 saturated carbocycles. The minimum absolute atomic E-state index is 0.0454. The van der Waals surface area contributed by atoms with E-state index in [1.165, 1.54) is 32.5 Å². The fourth-order valence-electron chi connectivity index (χ4n) is 2.69. The van der Waals surface area contributed by atoms with Crippen LogP contribution in [0, 0.1) is 12.8 Å². The predicted molar refractivity (Wildman–Crippen MR) is 116 cm³/mol. The first-order chi connectivity index (χ1) is 14.9. The van der Waals surface area contributed by atoms with Gasteiger partial charge in [-0.05, 0) is 42.7 Å². The number of amides is 2. The summed E-state index contributed by atoms with van der Waals surface area (Å²) in [4.78, 5) is 36.9. The molecule has 0 aliphatic rings. The fraction of sp³-hybridized carbons (Fsp3) is 0.381. The Labute approximate surface area is 187 Å². The Kier molecular flexibility index (Phi) is 8.17. The molecule has 2 N–H and O–H groups in total. The van der Waals surface area contributed by atoms with Crippen LogP contribution >= 0.6 is 0 Å². The number of aryl methyl sites for hydroxylation is 1. The van der Waals surface area contributed by atoms with E-state index in [0.29, 0.717) is 5.56 Å². The third-order valence-corrected chi connectivity index (χ3v) is 6.49. The first-order valence-corrected chi connectivity index (χ1v) is 11.2. The molecule has 10 nitrogen and oxygen atoms in total. The second-order valence-corrected chi connectivity index (χ2v) is 9.72. The minimum atomic E-state index is -3.69. The number of esters is 1. The predicted octanol–water partition coefficient (Wildman–Crippen LogP) is 1.77. The maximum atomic E-state index is 12.4. The Morgan fingerprint density at radius 3 is 2.41 bits per heavy atom. The lowest BCUT2D eigenvalue weighted by Crippen LogP contribution is -2.45. The van der Waals surface area contributed by atoms with Gasteiger partial charge in [0, 0.05) is 19.8 Å². The van der Waals surface area contributed by atoms with E-state index < -0.39 is 40.5 Å². The number of hydrogen-bond acceptors (Lipinski definition) is 7. The zero-order valence-electron chi connectivity index (χ0n) is 18.5. The van der Waals surface area contributed by atoms with Crippen molar-refractivity contribution >= 4 is 33.5 Å². The van der Waals surface area contributed by atoms with Gasteiger partial charge in [-0.25, -0.2) is 17.5 Å². The molecule has 1 heterocycles. The van der Waals surface area contributed by atoms with Gasteiger partial charge in [-0.1, -0.05) is 19.9 Å². The van der Waals surface area contributed by atoms with Crippen LogP contribution in [0.4, 0.5) is 5.69 Å². The van der Waals surface area contributed by atoms with E-state index in [0.717, 1.165) is 4.31 Å². The van der Waals surface area contributed by atoms with Crippen molar-refractivity contribution in [2.24, 2.45) is 5.92 Å². The number of nitrogens with one attached hydrogen (secondary N) is 2. The lowest BCUT2D eigenvalue weighted by molar-refractivity contribution is -0.150. The van der Waals surface area contributed by atoms with Crippen LogP contribution in [0.5, 0.6) is 0 Å². The second-order valence-electron chi connectivity index (χ2n) is 7.60. The quantitative estimate of drug-likeness (QED) is 0.539. The van der Waals surface area contributed by atoms with Gasteiger partial charge >= 0.3 is 5.97 Å². The molecular formula is C21H27N3O7S. The van der Waals surface area contributed by atoms with Gasteiger partial charge in [0.2, 0.25) is 10.0 Å². The number of nitrogens with zero attached hydrogens (tertiary/aromatic N) is 1. The average molecular weight is 466 g/mol. The highest BCUT2D eigenvalue weighted by molar-refractivity contribution is 7.89. The summed E-state index contributed by atoms with van der Waals surface area (Å²) >= 11 is 0. The van der Waals surface area contributed by atoms with E-state index in [-0.39, 0.29) is 22.3 Å². The van der Waals surface area contributed by atoms with Gasteiger partial charge < -0.3 is 19.8 Å². The molecule has 1 unspecified atom stereocenters. The third kappa shape index (κ3) is 6.17. The Morgan fingerprint density at radius 1 is 1.16 bits per heavy atom. The number of hydrogen-bond donors (Lipinski definition) is 2. The summed E-state index contributed by atoms with van der Waals surface area (Å²) in [5, 5.41) is 5.03. The molecule has 2 rings (SSSR count). The molecule has 2 amide bonds. The molecular weight excluding hydrogens is 438 g/mol. The number of benzene rings is 1. The van der Waals surface area contributed by atoms with Crippen LogP contribution in [-0.2, 0) is 24.3 Å². The molecule has 174 valence electrons. The molecule has 1 aromatic heterocycles. The zero-order valence-corrected chi connectivity index (χ0v) is 19.4. The van der Waals surface area contributed by atoms with Gasteiger partial charge in [0.05, 0.1) is 11.2 Å². The van der Waals surface area contributed by atoms with Gasteiger partial charge in [-0.3, -0.25) is 9.59 Å². The van der Waals surface area contributed by atoms with Gasteiger partial charge in [0.15, 0.2) is 12.4 Å². The number of anilines is 1. The van der Waals surface area contributed by atoms with Crippen LogP contribution in [0.2, 0.25) is 0 Å². The first kappa shape index (κ1) is 25.1. The van der Waals surface area contributed by atoms with Gasteiger partial charge in [0.25, 0.3) is 11.8 Å². The molecule has 11 heteroatoms. The van der Waals surface area contributed by atoms with Crippen LogP contribution in [0.25, 0.3) is 0 Å². The van der Waals surface area contributed by atoms with E-state index in [1.54, 1.807) is 39.0 Å². The lowest BCUT2D eigenvalue weighted by Gasteiger charge is -2.20. The summed E-state index contributed by atoms with van der Waals surface area (Å²) in [6.07, 6.45) is 1.34. The molecule has 0 spiro atoms. The Balaban J connectivity index is 2.01. The van der Waals surface area contributed by atoms with E-state index in [9.17, 15) is 22.8 Å². The summed E-state index contributed by atoms with van der Waals surface area (Å²) in [5.74, 6) is -2.28. The van der Waals surface area contributed by atoms with Crippen molar-refractivity contribution in [3.05, 3.63) is 47.9 Å². The molecule has 1 aromatic carbocycles. The molecule has 2 aromatic rings. The van der Waals surface area contributed by atoms with E-state index in [2.05, 4.69) is 10.6 Å². The SMILES string of the molecule is Cc1ccc(NC(=O)COC(=O)C(NC(=O)c2ccco2)C(C)C)cc1S(=O)(=O)N(C)C. The molecule has 0 radical (unpaired) electrons. The van der Waals surface area contributed by atoms with Crippen molar-refractivity contribution in [3.63, 3.8) is 0 Å². The lowest BCUT2D eigenvalue weighted by atomic mass is 10.0. The molecule has 1 atom stereocenters. The highest BCUT2D eigenvalue weighted by atomic mass is 32.2. The van der Waals surface area contributed by atoms with Gasteiger partial charge in [-0.15, -0.1) is 0 Å². The summed E-state index contributed by atoms with van der Waals surface area (Å²) in [6, 6.07) is 6.46. The number of rotatable bonds is 9. The Morgan fingerprint density at radius 2 is 1.84 bits per heavy atom. The summed E-state index contributed by atoms with van der Waals surface area (Å²) in [5.41, 5.74) is 0.763. The van der Waals surface area contributed by atoms with E-state index in [1.807, 2.05) is 0 Å². The number of carbonyl (C=O) groups excluding carboxylic acids is 3. The zero-order chi connectivity index (χ0) is 24.1. The van der Waals surface area contributed by atoms with Crippen LogP contribution in [0.15, 0.2) is 45.9 Å². The monoisotopic (exact) mass is 465 g/mol. The smallest absolute Gasteiger partial charge is 0.329 e. The van der Waals surface area contributed by atoms with E-state index >= 15 is 0 Å². The molecule has 0 fully saturated rings. The van der Waals surface area contributed by atoms with E-state index in [4.69, 9.17) is 9.15 Å². The summed E-state index contributed by atoms with van der Waals surface area (Å²) in [6.45, 7) is 4.47. The van der Waals surface area contributed by atoms with Gasteiger partial charge in [0.1, 0.15) is 6.04 Å². The highest BCUT2D eigenvalue weighted by Gasteiger charge is 2.27. The largest absolute Gasteiger partial charge is 0.459 e. The van der Waals surface area contributed by atoms with Crippen molar-refractivity contribution in [1.29, 1.82) is 0 Å². The van der Waals surface area contributed by atoms with Crippen LogP contribution in [-0.4, -0.2) is 57.3 Å². The molecule has 0 aliphatic carbocycles. The maximum Gasteiger partial charge on any atom is 0.329 e. The molecule has 0 bridgehead atoms. The second kappa shape index (κ2) is 10.4. The number of sulfonamides is 1. The first-order valence-electron chi connectivity index (χ1n) is 9.77. The van der Waals surface area contributed by atoms with Crippen molar-refractivity contribution < 1.29 is 32.0 Å². The standard InChI is InChI=1S/C21H27N3O7S/c1-13(2)19(23-20(26)16-7-6-10-30-16)21(27)31-12-18(25)22-15-9-8-14(3)17(11-15)32(28,29)24(4)5/h6-11,13,19H,12H2,1-5H3,(H,22,25)(H,23,26). The number of furan rings is 1. The molecule has 32 heavy (non-hydrogen) atoms. The average Bonchev–Trinajstić information content (AvgIpc) is 3.26. The van der Waals surface area contributed by atoms with Crippen molar-refractivity contribution in [3.8, 4) is 0 Å². The third-order valence-electron chi connectivity index (χ3n) is 4.53. The van der Waals surface area contributed by atoms with Crippen LogP contribution in [0.3, 0.4) is 0 Å². The molecule has 0 saturated heterocycles. The van der Waals surface area contributed by atoms with Crippen molar-refractivity contribution in [2.45, 2.75) is 31.7 Å². The van der Waals surface area contributed by atoms with Crippen molar-refractivity contribution in [1.82, 2.24) is 9.62 Å². The highest BCUT2D eigenvalue weighted by Crippen LogP contribution is 2.22. The molecule has 0 aliphatic heterocycles. The topological polar surface area (TPSA) is 135 Å². The number of carbonyl (C=O) groups is 3. The maximum absolute atomic E-state index is 12.4. The summed E-state index contributed by atoms with van der Waals surface area (Å²) in [7, 11) is -0.870. The minimum Gasteiger partial charge on any atom is -0.459 e. The van der Waals surface area contributed by atoms with Crippen LogP contribution in [0.1, 0.15) is 30.0 Å². The van der Waals surface area contributed by atoms with Gasteiger partial charge in [-0.2, -0.15) is 0 Å². The Bertz CT molecular complexity index is 1080. The fourth-order valence-corrected chi connectivity index (χ4v) is 3.84. The Hall–Kier alpha value is -3.18. The van der Waals surface area contributed by atoms with Crippen LogP contribution < -0.4 is 10.6 Å². The normalized spacial score (nSPS) is 12.5. The van der Waals surface area contributed by atoms with Crippen molar-refractivity contribution in [2.75, 3.05) is 26.0 Å². The summed E-state index contributed by atoms with van der Waals surface area (Å²) < 4.78 is 36.0. The number of ether oxygens (including phenoxy) is 1.